The minimum absolute atomic E-state index is 0.126. The summed E-state index contributed by atoms with van der Waals surface area (Å²) < 4.78 is 5.13. The van der Waals surface area contributed by atoms with E-state index in [4.69, 9.17) is 22.7 Å². The Morgan fingerprint density at radius 1 is 1.24 bits per heavy atom. The third-order valence-electron chi connectivity index (χ3n) is 3.63. The van der Waals surface area contributed by atoms with Gasteiger partial charge in [0.1, 0.15) is 6.61 Å². The lowest BCUT2D eigenvalue weighted by atomic mass is 9.89. The molecule has 1 rings (SSSR count). The average Bonchev–Trinajstić information content (AvgIpc) is 2.40. The van der Waals surface area contributed by atoms with Gasteiger partial charge in [0.05, 0.1) is 6.21 Å². The first-order valence-corrected chi connectivity index (χ1v) is 6.97. The Labute approximate surface area is 130 Å². The summed E-state index contributed by atoms with van der Waals surface area (Å²) in [7, 11) is 0. The molecule has 0 fully saturated rings. The molecule has 0 amide bonds. The molecule has 0 atom stereocenters. The molecule has 0 saturated heterocycles. The number of ether oxygens (including phenoxy) is 1. The zero-order valence-corrected chi connectivity index (χ0v) is 13.9. The number of nitrogens with one attached hydrogen (secondary N) is 1. The molecular weight excluding hydrogens is 286 g/mol. The predicted octanol–water partition coefficient (Wildman–Crippen LogP) is 2.15. The normalized spacial score (nSPS) is 10.7. The van der Waals surface area contributed by atoms with Crippen LogP contribution in [0.5, 0.6) is 0 Å². The number of hydrogen-bond donors (Lipinski definition) is 2. The lowest BCUT2D eigenvalue weighted by Gasteiger charge is -2.18. The Morgan fingerprint density at radius 2 is 1.76 bits per heavy atom. The first-order valence-electron chi connectivity index (χ1n) is 6.56. The zero-order chi connectivity index (χ0) is 16.2. The SMILES string of the molecule is CC(=O)OCc1c(C)c(C)c(C=NNC(N)=S)c(C)c1C. The number of rotatable bonds is 4. The number of nitrogens with two attached hydrogens (primary N) is 1. The summed E-state index contributed by atoms with van der Waals surface area (Å²) in [5, 5.41) is 4.15. The Morgan fingerprint density at radius 3 is 2.19 bits per heavy atom. The number of hydrazone groups is 1. The van der Waals surface area contributed by atoms with Crippen LogP contribution in [0.4, 0.5) is 0 Å². The number of benzene rings is 1. The Kier molecular flexibility index (Phi) is 5.84. The van der Waals surface area contributed by atoms with Gasteiger partial charge in [-0.25, -0.2) is 0 Å². The minimum Gasteiger partial charge on any atom is -0.461 e. The third kappa shape index (κ3) is 4.26. The van der Waals surface area contributed by atoms with E-state index in [-0.39, 0.29) is 17.7 Å². The summed E-state index contributed by atoms with van der Waals surface area (Å²) in [5.41, 5.74) is 14.3. The van der Waals surface area contributed by atoms with Crippen LogP contribution in [0.25, 0.3) is 0 Å². The highest BCUT2D eigenvalue weighted by Gasteiger charge is 2.14. The van der Waals surface area contributed by atoms with Crippen molar-refractivity contribution < 1.29 is 9.53 Å². The second-order valence-electron chi connectivity index (χ2n) is 4.91. The smallest absolute Gasteiger partial charge is 0.302 e. The molecule has 0 saturated carbocycles. The van der Waals surface area contributed by atoms with Gasteiger partial charge < -0.3 is 10.5 Å². The summed E-state index contributed by atoms with van der Waals surface area (Å²) in [6.45, 7) is 9.75. The van der Waals surface area contributed by atoms with Gasteiger partial charge >= 0.3 is 5.97 Å². The molecule has 1 aromatic rings. The second-order valence-corrected chi connectivity index (χ2v) is 5.35. The summed E-state index contributed by atoms with van der Waals surface area (Å²) in [6, 6.07) is 0. The maximum atomic E-state index is 11.0. The highest BCUT2D eigenvalue weighted by atomic mass is 32.1. The summed E-state index contributed by atoms with van der Waals surface area (Å²) in [6.07, 6.45) is 1.71. The maximum Gasteiger partial charge on any atom is 0.302 e. The van der Waals surface area contributed by atoms with Gasteiger partial charge in [-0.2, -0.15) is 5.10 Å². The molecule has 6 heteroatoms. The Hall–Kier alpha value is -1.95. The fraction of sp³-hybridized carbons (Fsp3) is 0.400. The van der Waals surface area contributed by atoms with E-state index >= 15 is 0 Å². The molecule has 114 valence electrons. The fourth-order valence-corrected chi connectivity index (χ4v) is 2.22. The first-order chi connectivity index (χ1) is 9.75. The van der Waals surface area contributed by atoms with E-state index < -0.39 is 0 Å². The van der Waals surface area contributed by atoms with Crippen LogP contribution in [0.15, 0.2) is 5.10 Å². The van der Waals surface area contributed by atoms with Crippen molar-refractivity contribution in [1.82, 2.24) is 5.43 Å². The molecule has 0 radical (unpaired) electrons. The van der Waals surface area contributed by atoms with E-state index in [1.165, 1.54) is 6.92 Å². The standard InChI is InChI=1S/C15H21N3O2S/c1-8-10(3)14(7-20-12(5)19)11(4)9(2)13(8)6-17-18-15(16)21/h6H,7H2,1-5H3,(H3,16,18,21). The molecule has 21 heavy (non-hydrogen) atoms. The number of carbonyl (C=O) groups is 1. The van der Waals surface area contributed by atoms with Crippen LogP contribution in [-0.2, 0) is 16.1 Å². The third-order valence-corrected chi connectivity index (χ3v) is 3.72. The highest BCUT2D eigenvalue weighted by molar-refractivity contribution is 7.80. The van der Waals surface area contributed by atoms with Crippen LogP contribution in [0.2, 0.25) is 0 Å². The van der Waals surface area contributed by atoms with E-state index in [9.17, 15) is 4.79 Å². The van der Waals surface area contributed by atoms with Crippen LogP contribution in [-0.4, -0.2) is 17.3 Å². The largest absolute Gasteiger partial charge is 0.461 e. The van der Waals surface area contributed by atoms with Gasteiger partial charge in [-0.1, -0.05) is 0 Å². The van der Waals surface area contributed by atoms with Crippen LogP contribution < -0.4 is 11.2 Å². The molecule has 0 aromatic heterocycles. The molecule has 0 heterocycles. The average molecular weight is 307 g/mol. The van der Waals surface area contributed by atoms with Crippen molar-refractivity contribution in [2.45, 2.75) is 41.2 Å². The molecule has 5 nitrogen and oxygen atoms in total. The van der Waals surface area contributed by atoms with Gasteiger partial charge in [0.15, 0.2) is 5.11 Å². The number of thiocarbonyl (C=S) groups is 1. The molecule has 1 aromatic carbocycles. The van der Waals surface area contributed by atoms with Crippen LogP contribution in [0.3, 0.4) is 0 Å². The van der Waals surface area contributed by atoms with Crippen molar-refractivity contribution in [3.63, 3.8) is 0 Å². The zero-order valence-electron chi connectivity index (χ0n) is 13.0. The van der Waals surface area contributed by atoms with Crippen LogP contribution in [0.1, 0.15) is 40.3 Å². The van der Waals surface area contributed by atoms with Crippen molar-refractivity contribution in [1.29, 1.82) is 0 Å². The number of nitrogens with zero attached hydrogens (tertiary/aromatic N) is 1. The van der Waals surface area contributed by atoms with E-state index in [0.717, 1.165) is 33.4 Å². The molecule has 0 aliphatic rings. The number of esters is 1. The van der Waals surface area contributed by atoms with E-state index in [1.807, 2.05) is 27.7 Å². The lowest BCUT2D eigenvalue weighted by molar-refractivity contribution is -0.142. The van der Waals surface area contributed by atoms with Gasteiger partial charge in [0.25, 0.3) is 0 Å². The van der Waals surface area contributed by atoms with Crippen LogP contribution in [0, 0.1) is 27.7 Å². The van der Waals surface area contributed by atoms with Gasteiger partial charge in [0.2, 0.25) is 0 Å². The summed E-state index contributed by atoms with van der Waals surface area (Å²) in [5.74, 6) is -0.282. The quantitative estimate of drug-likeness (QED) is 0.386. The van der Waals surface area contributed by atoms with E-state index in [1.54, 1.807) is 6.21 Å². The van der Waals surface area contributed by atoms with Crippen molar-refractivity contribution in [3.05, 3.63) is 33.4 Å². The van der Waals surface area contributed by atoms with Crippen LogP contribution >= 0.6 is 12.2 Å². The maximum absolute atomic E-state index is 11.0. The molecule has 0 spiro atoms. The Balaban J connectivity index is 3.22. The van der Waals surface area contributed by atoms with Gasteiger partial charge in [-0.05, 0) is 67.7 Å². The molecule has 0 aliphatic heterocycles. The molecular formula is C15H21N3O2S. The van der Waals surface area contributed by atoms with Crippen molar-refractivity contribution in [3.8, 4) is 0 Å². The Bertz CT molecular complexity index is 580. The van der Waals surface area contributed by atoms with Gasteiger partial charge in [-0.15, -0.1) is 0 Å². The summed E-state index contributed by atoms with van der Waals surface area (Å²) >= 11 is 4.71. The summed E-state index contributed by atoms with van der Waals surface area (Å²) in [4.78, 5) is 11.0. The van der Waals surface area contributed by atoms with E-state index in [0.29, 0.717) is 0 Å². The lowest BCUT2D eigenvalue weighted by Crippen LogP contribution is -2.24. The van der Waals surface area contributed by atoms with Crippen molar-refractivity contribution >= 4 is 29.5 Å². The molecule has 0 aliphatic carbocycles. The monoisotopic (exact) mass is 307 g/mol. The van der Waals surface area contributed by atoms with Crippen molar-refractivity contribution in [2.24, 2.45) is 10.8 Å². The first kappa shape index (κ1) is 17.1. The topological polar surface area (TPSA) is 76.7 Å². The predicted molar refractivity (Wildman–Crippen MR) is 88.4 cm³/mol. The van der Waals surface area contributed by atoms with Gasteiger partial charge in [0, 0.05) is 12.5 Å². The number of hydrogen-bond acceptors (Lipinski definition) is 4. The second kappa shape index (κ2) is 7.17. The van der Waals surface area contributed by atoms with E-state index in [2.05, 4.69) is 10.5 Å². The number of carbonyl (C=O) groups excluding carboxylic acids is 1. The highest BCUT2D eigenvalue weighted by Crippen LogP contribution is 2.26. The van der Waals surface area contributed by atoms with Gasteiger partial charge in [-0.3, -0.25) is 10.2 Å². The molecule has 0 bridgehead atoms. The molecule has 3 N–H and O–H groups in total. The minimum atomic E-state index is -0.282. The van der Waals surface area contributed by atoms with Crippen molar-refractivity contribution in [2.75, 3.05) is 0 Å². The molecule has 0 unspecified atom stereocenters. The fourth-order valence-electron chi connectivity index (χ4n) is 2.16.